The molecule has 22 heavy (non-hydrogen) atoms. The Bertz CT molecular complexity index is 468. The highest BCUT2D eigenvalue weighted by molar-refractivity contribution is 5.28. The maximum atomic E-state index is 10.5. The Balaban J connectivity index is 1.50. The third-order valence-corrected chi connectivity index (χ3v) is 5.25. The van der Waals surface area contributed by atoms with Gasteiger partial charge in [-0.15, -0.1) is 0 Å². The molecule has 2 aliphatic rings. The van der Waals surface area contributed by atoms with Gasteiger partial charge in [0.05, 0.1) is 6.10 Å². The second-order valence-electron chi connectivity index (χ2n) is 7.24. The van der Waals surface area contributed by atoms with Gasteiger partial charge in [0.1, 0.15) is 0 Å². The van der Waals surface area contributed by atoms with Crippen LogP contribution in [-0.4, -0.2) is 53.7 Å². The number of benzene rings is 1. The number of aliphatic hydroxyl groups excluding tert-OH is 1. The van der Waals surface area contributed by atoms with Crippen molar-refractivity contribution in [3.05, 3.63) is 35.4 Å². The third kappa shape index (κ3) is 4.31. The van der Waals surface area contributed by atoms with Gasteiger partial charge in [0.2, 0.25) is 0 Å². The number of piperidine rings is 1. The zero-order valence-corrected chi connectivity index (χ0v) is 13.9. The monoisotopic (exact) mass is 302 g/mol. The molecule has 122 valence electrons. The van der Waals surface area contributed by atoms with Crippen molar-refractivity contribution in [3.8, 4) is 0 Å². The molecule has 0 amide bonds. The van der Waals surface area contributed by atoms with Crippen LogP contribution in [0.4, 0.5) is 0 Å². The van der Waals surface area contributed by atoms with Gasteiger partial charge >= 0.3 is 0 Å². The average molecular weight is 302 g/mol. The lowest BCUT2D eigenvalue weighted by Crippen LogP contribution is -2.43. The minimum atomic E-state index is -0.223. The van der Waals surface area contributed by atoms with Crippen molar-refractivity contribution >= 4 is 0 Å². The molecule has 0 spiro atoms. The highest BCUT2D eigenvalue weighted by Gasteiger charge is 2.21. The van der Waals surface area contributed by atoms with E-state index in [-0.39, 0.29) is 6.10 Å². The molecule has 1 atom stereocenters. The first-order chi connectivity index (χ1) is 10.7. The Morgan fingerprint density at radius 1 is 1.05 bits per heavy atom. The Kier molecular flexibility index (Phi) is 5.51. The molecule has 3 rings (SSSR count). The molecule has 3 heteroatoms. The van der Waals surface area contributed by atoms with Gasteiger partial charge in [0, 0.05) is 19.6 Å². The van der Waals surface area contributed by atoms with Crippen molar-refractivity contribution < 1.29 is 5.11 Å². The topological polar surface area (TPSA) is 26.7 Å². The number of fused-ring (bicyclic) bond motifs is 1. The molecular formula is C19H30N2O. The number of nitrogens with zero attached hydrogens (tertiary/aromatic N) is 2. The molecule has 3 nitrogen and oxygen atoms in total. The van der Waals surface area contributed by atoms with E-state index in [9.17, 15) is 5.11 Å². The number of likely N-dealkylation sites (tertiary alicyclic amines) is 1. The van der Waals surface area contributed by atoms with E-state index < -0.39 is 0 Å². The van der Waals surface area contributed by atoms with E-state index in [0.717, 1.165) is 45.2 Å². The van der Waals surface area contributed by atoms with Gasteiger partial charge in [0.15, 0.2) is 0 Å². The van der Waals surface area contributed by atoms with E-state index in [1.807, 2.05) is 0 Å². The zero-order valence-electron chi connectivity index (χ0n) is 13.9. The smallest absolute Gasteiger partial charge is 0.0793 e. The van der Waals surface area contributed by atoms with Crippen LogP contribution in [0.2, 0.25) is 0 Å². The third-order valence-electron chi connectivity index (χ3n) is 5.25. The number of rotatable bonds is 4. The van der Waals surface area contributed by atoms with Crippen LogP contribution >= 0.6 is 0 Å². The molecule has 0 aliphatic carbocycles. The van der Waals surface area contributed by atoms with Crippen LogP contribution in [0.1, 0.15) is 37.3 Å². The van der Waals surface area contributed by atoms with Gasteiger partial charge in [0.25, 0.3) is 0 Å². The van der Waals surface area contributed by atoms with Crippen LogP contribution in [0.25, 0.3) is 0 Å². The Morgan fingerprint density at radius 2 is 1.73 bits per heavy atom. The molecule has 2 aliphatic heterocycles. The van der Waals surface area contributed by atoms with Crippen LogP contribution in [0.5, 0.6) is 0 Å². The lowest BCUT2D eigenvalue weighted by molar-refractivity contribution is 0.0595. The first kappa shape index (κ1) is 16.0. The second-order valence-corrected chi connectivity index (χ2v) is 7.24. The molecule has 0 aromatic heterocycles. The van der Waals surface area contributed by atoms with Crippen molar-refractivity contribution in [1.82, 2.24) is 9.80 Å². The van der Waals surface area contributed by atoms with Crippen LogP contribution in [0.15, 0.2) is 24.3 Å². The fraction of sp³-hybridized carbons (Fsp3) is 0.684. The molecule has 1 N–H and O–H groups in total. The molecule has 1 saturated heterocycles. The van der Waals surface area contributed by atoms with E-state index in [1.165, 1.54) is 36.8 Å². The van der Waals surface area contributed by atoms with Crippen molar-refractivity contribution in [2.75, 3.05) is 32.7 Å². The number of β-amino-alcohol motifs (C(OH)–C–C–N with tert-alkyl or cyclic N) is 1. The summed E-state index contributed by atoms with van der Waals surface area (Å²) in [5, 5.41) is 10.5. The SMILES string of the molecule is CC1CCN(CC(O)CN2CCCc3ccccc3C2)CC1. The fourth-order valence-corrected chi connectivity index (χ4v) is 3.82. The van der Waals surface area contributed by atoms with Crippen LogP contribution in [0, 0.1) is 5.92 Å². The quantitative estimate of drug-likeness (QED) is 0.926. The maximum Gasteiger partial charge on any atom is 0.0793 e. The van der Waals surface area contributed by atoms with E-state index >= 15 is 0 Å². The predicted molar refractivity (Wildman–Crippen MR) is 90.9 cm³/mol. The minimum Gasteiger partial charge on any atom is -0.390 e. The van der Waals surface area contributed by atoms with E-state index in [0.29, 0.717) is 0 Å². The number of aliphatic hydroxyl groups is 1. The maximum absolute atomic E-state index is 10.5. The average Bonchev–Trinajstić information content (AvgIpc) is 2.71. The molecule has 0 saturated carbocycles. The summed E-state index contributed by atoms with van der Waals surface area (Å²) >= 11 is 0. The normalized spacial score (nSPS) is 23.0. The van der Waals surface area contributed by atoms with Crippen molar-refractivity contribution in [3.63, 3.8) is 0 Å². The van der Waals surface area contributed by atoms with Gasteiger partial charge in [-0.3, -0.25) is 4.90 Å². The van der Waals surface area contributed by atoms with Gasteiger partial charge in [-0.2, -0.15) is 0 Å². The van der Waals surface area contributed by atoms with E-state index in [1.54, 1.807) is 0 Å². The molecule has 1 fully saturated rings. The molecular weight excluding hydrogens is 272 g/mol. The fourth-order valence-electron chi connectivity index (χ4n) is 3.82. The van der Waals surface area contributed by atoms with Gasteiger partial charge in [-0.1, -0.05) is 31.2 Å². The number of hydrogen-bond donors (Lipinski definition) is 1. The molecule has 1 unspecified atom stereocenters. The van der Waals surface area contributed by atoms with Crippen molar-refractivity contribution in [1.29, 1.82) is 0 Å². The summed E-state index contributed by atoms with van der Waals surface area (Å²) in [4.78, 5) is 4.87. The summed E-state index contributed by atoms with van der Waals surface area (Å²) in [5.41, 5.74) is 2.93. The molecule has 1 aromatic carbocycles. The van der Waals surface area contributed by atoms with E-state index in [2.05, 4.69) is 41.0 Å². The molecule has 2 heterocycles. The molecule has 0 radical (unpaired) electrons. The highest BCUT2D eigenvalue weighted by Crippen LogP contribution is 2.19. The summed E-state index contributed by atoms with van der Waals surface area (Å²) in [6.45, 7) is 8.38. The summed E-state index contributed by atoms with van der Waals surface area (Å²) in [7, 11) is 0. The summed E-state index contributed by atoms with van der Waals surface area (Å²) in [6, 6.07) is 8.77. The molecule has 1 aromatic rings. The number of hydrogen-bond acceptors (Lipinski definition) is 3. The lowest BCUT2D eigenvalue weighted by Gasteiger charge is -2.33. The second kappa shape index (κ2) is 7.58. The number of aryl methyl sites for hydroxylation is 1. The van der Waals surface area contributed by atoms with Crippen LogP contribution in [0.3, 0.4) is 0 Å². The first-order valence-electron chi connectivity index (χ1n) is 8.90. The summed E-state index contributed by atoms with van der Waals surface area (Å²) in [6.07, 6.45) is 4.71. The Hall–Kier alpha value is -0.900. The largest absolute Gasteiger partial charge is 0.390 e. The summed E-state index contributed by atoms with van der Waals surface area (Å²) in [5.74, 6) is 0.857. The minimum absolute atomic E-state index is 0.223. The zero-order chi connectivity index (χ0) is 15.4. The molecule has 0 bridgehead atoms. The van der Waals surface area contributed by atoms with Gasteiger partial charge in [-0.25, -0.2) is 0 Å². The lowest BCUT2D eigenvalue weighted by atomic mass is 9.99. The van der Waals surface area contributed by atoms with Crippen molar-refractivity contribution in [2.45, 2.75) is 45.3 Å². The van der Waals surface area contributed by atoms with Gasteiger partial charge < -0.3 is 10.0 Å². The van der Waals surface area contributed by atoms with Gasteiger partial charge in [-0.05, 0) is 62.4 Å². The first-order valence-corrected chi connectivity index (χ1v) is 8.90. The Morgan fingerprint density at radius 3 is 2.50 bits per heavy atom. The van der Waals surface area contributed by atoms with E-state index in [4.69, 9.17) is 0 Å². The van der Waals surface area contributed by atoms with Crippen LogP contribution < -0.4 is 0 Å². The van der Waals surface area contributed by atoms with Crippen LogP contribution in [-0.2, 0) is 13.0 Å². The predicted octanol–water partition coefficient (Wildman–Crippen LogP) is 2.53. The Labute approximate surface area is 134 Å². The highest BCUT2D eigenvalue weighted by atomic mass is 16.3. The standard InChI is InChI=1S/C19H30N2O/c1-16-8-11-20(12-9-16)14-19(22)15-21-10-4-7-17-5-2-3-6-18(17)13-21/h2-3,5-6,16,19,22H,4,7-15H2,1H3. The van der Waals surface area contributed by atoms with Crippen molar-refractivity contribution in [2.24, 2.45) is 5.92 Å². The summed E-state index contributed by atoms with van der Waals surface area (Å²) < 4.78 is 0.